The van der Waals surface area contributed by atoms with Gasteiger partial charge in [0.1, 0.15) is 5.69 Å². The van der Waals surface area contributed by atoms with Crippen LogP contribution in [0.1, 0.15) is 26.5 Å². The van der Waals surface area contributed by atoms with Gasteiger partial charge in [-0.25, -0.2) is 4.68 Å². The highest BCUT2D eigenvalue weighted by molar-refractivity contribution is 5.59. The smallest absolute Gasteiger partial charge is 0.333 e. The maximum atomic E-state index is 11.0. The highest BCUT2D eigenvalue weighted by Crippen LogP contribution is 2.27. The van der Waals surface area contributed by atoms with E-state index in [9.17, 15) is 10.1 Å². The van der Waals surface area contributed by atoms with Gasteiger partial charge in [0.2, 0.25) is 5.82 Å². The third-order valence-electron chi connectivity index (χ3n) is 2.55. The minimum atomic E-state index is -0.382. The first-order valence-corrected chi connectivity index (χ1v) is 6.16. The van der Waals surface area contributed by atoms with Crippen LogP contribution in [0.2, 0.25) is 0 Å². The fourth-order valence-electron chi connectivity index (χ4n) is 1.74. The number of nitro groups is 1. The van der Waals surface area contributed by atoms with Gasteiger partial charge in [0.05, 0.1) is 4.92 Å². The zero-order valence-electron chi connectivity index (χ0n) is 11.4. The number of aryl methyl sites for hydroxylation is 2. The Morgan fingerprint density at radius 1 is 1.44 bits per heavy atom. The van der Waals surface area contributed by atoms with E-state index in [0.717, 1.165) is 6.54 Å². The Bertz CT molecular complexity index is 414. The number of aromatic nitrogens is 2. The van der Waals surface area contributed by atoms with Gasteiger partial charge in [-0.3, -0.25) is 10.1 Å². The van der Waals surface area contributed by atoms with E-state index in [0.29, 0.717) is 30.6 Å². The van der Waals surface area contributed by atoms with E-state index in [1.807, 2.05) is 6.92 Å². The van der Waals surface area contributed by atoms with Gasteiger partial charge in [-0.05, 0) is 13.8 Å². The van der Waals surface area contributed by atoms with Crippen molar-refractivity contribution in [3.8, 4) is 0 Å². The predicted molar refractivity (Wildman–Crippen MR) is 70.9 cm³/mol. The molecule has 7 heteroatoms. The van der Waals surface area contributed by atoms with Gasteiger partial charge in [-0.15, -0.1) is 0 Å². The van der Waals surface area contributed by atoms with Crippen molar-refractivity contribution in [1.29, 1.82) is 0 Å². The summed E-state index contributed by atoms with van der Waals surface area (Å²) in [5, 5.41) is 21.5. The fourth-order valence-corrected chi connectivity index (χ4v) is 1.74. The molecular weight excluding hydrogens is 234 g/mol. The van der Waals surface area contributed by atoms with Gasteiger partial charge >= 0.3 is 5.69 Å². The second-order valence-electron chi connectivity index (χ2n) is 4.39. The van der Waals surface area contributed by atoms with Crippen LogP contribution in [0.5, 0.6) is 0 Å². The fraction of sp³-hybridized carbons (Fsp3) is 0.727. The molecule has 1 aromatic heterocycles. The largest absolute Gasteiger partial charge is 0.363 e. The Morgan fingerprint density at radius 3 is 2.61 bits per heavy atom. The first kappa shape index (κ1) is 14.4. The van der Waals surface area contributed by atoms with E-state index in [1.165, 1.54) is 0 Å². The van der Waals surface area contributed by atoms with Crippen LogP contribution in [0.3, 0.4) is 0 Å². The lowest BCUT2D eigenvalue weighted by atomic mass is 10.3. The minimum absolute atomic E-state index is 0.0707. The monoisotopic (exact) mass is 255 g/mol. The summed E-state index contributed by atoms with van der Waals surface area (Å²) in [6.45, 7) is 9.67. The summed E-state index contributed by atoms with van der Waals surface area (Å²) in [4.78, 5) is 10.6. The molecule has 0 atom stereocenters. The van der Waals surface area contributed by atoms with Gasteiger partial charge in [-0.1, -0.05) is 13.8 Å². The number of anilines is 1. The number of hydrogen-bond acceptors (Lipinski definition) is 5. The summed E-state index contributed by atoms with van der Waals surface area (Å²) in [7, 11) is 0. The first-order chi connectivity index (χ1) is 8.47. The van der Waals surface area contributed by atoms with E-state index in [1.54, 1.807) is 11.6 Å². The topological polar surface area (TPSA) is 85.0 Å². The Balaban J connectivity index is 2.76. The first-order valence-electron chi connectivity index (χ1n) is 6.16. The summed E-state index contributed by atoms with van der Waals surface area (Å²) < 4.78 is 1.63. The molecule has 0 aliphatic carbocycles. The molecule has 0 amide bonds. The summed E-state index contributed by atoms with van der Waals surface area (Å²) in [6, 6.07) is 0.402. The average molecular weight is 255 g/mol. The average Bonchev–Trinajstić information content (AvgIpc) is 2.60. The molecule has 0 saturated carbocycles. The quantitative estimate of drug-likeness (QED) is 0.438. The normalized spacial score (nSPS) is 10.9. The van der Waals surface area contributed by atoms with E-state index < -0.39 is 0 Å². The van der Waals surface area contributed by atoms with Crippen LogP contribution in [0.4, 0.5) is 11.5 Å². The van der Waals surface area contributed by atoms with Crippen molar-refractivity contribution in [1.82, 2.24) is 15.1 Å². The number of hydrogen-bond donors (Lipinski definition) is 2. The van der Waals surface area contributed by atoms with E-state index in [4.69, 9.17) is 0 Å². The molecule has 2 N–H and O–H groups in total. The van der Waals surface area contributed by atoms with Crippen molar-refractivity contribution in [3.63, 3.8) is 0 Å². The van der Waals surface area contributed by atoms with Crippen molar-refractivity contribution < 1.29 is 4.92 Å². The molecule has 0 spiro atoms. The summed E-state index contributed by atoms with van der Waals surface area (Å²) in [5.74, 6) is 0.491. The SMILES string of the molecule is CCn1nc(C)c([N+](=O)[O-])c1NCCNC(C)C. The van der Waals surface area contributed by atoms with E-state index >= 15 is 0 Å². The number of nitrogens with zero attached hydrogens (tertiary/aromatic N) is 3. The molecule has 1 heterocycles. The molecule has 0 aliphatic rings. The van der Waals surface area contributed by atoms with E-state index in [2.05, 4.69) is 29.6 Å². The third kappa shape index (κ3) is 3.43. The minimum Gasteiger partial charge on any atom is -0.363 e. The number of rotatable bonds is 7. The summed E-state index contributed by atoms with van der Waals surface area (Å²) in [6.07, 6.45) is 0. The standard InChI is InChI=1S/C11H21N5O2/c1-5-15-11(13-7-6-12-8(2)3)10(16(17)18)9(4)14-15/h8,12-13H,5-7H2,1-4H3. The van der Waals surface area contributed by atoms with Crippen molar-refractivity contribution in [3.05, 3.63) is 15.8 Å². The Morgan fingerprint density at radius 2 is 2.11 bits per heavy atom. The molecule has 102 valence electrons. The molecule has 18 heavy (non-hydrogen) atoms. The Labute approximate surface area is 107 Å². The molecule has 0 radical (unpaired) electrons. The lowest BCUT2D eigenvalue weighted by Crippen LogP contribution is -2.28. The van der Waals surface area contributed by atoms with Crippen LogP contribution < -0.4 is 10.6 Å². The van der Waals surface area contributed by atoms with Gasteiger partial charge < -0.3 is 10.6 Å². The molecule has 0 aromatic carbocycles. The maximum absolute atomic E-state index is 11.0. The summed E-state index contributed by atoms with van der Waals surface area (Å²) >= 11 is 0. The van der Waals surface area contributed by atoms with Gasteiger partial charge in [0.25, 0.3) is 0 Å². The summed E-state index contributed by atoms with van der Waals surface area (Å²) in [5.41, 5.74) is 0.516. The van der Waals surface area contributed by atoms with Crippen molar-refractivity contribution >= 4 is 11.5 Å². The number of nitrogens with one attached hydrogen (secondary N) is 2. The van der Waals surface area contributed by atoms with Crippen LogP contribution >= 0.6 is 0 Å². The molecule has 0 fully saturated rings. The van der Waals surface area contributed by atoms with Crippen molar-refractivity contribution in [2.45, 2.75) is 40.3 Å². The van der Waals surface area contributed by atoms with Gasteiger partial charge in [0, 0.05) is 25.7 Å². The zero-order valence-corrected chi connectivity index (χ0v) is 11.4. The Kier molecular flexibility index (Phi) is 5.08. The van der Waals surface area contributed by atoms with Gasteiger partial charge in [0.15, 0.2) is 0 Å². The van der Waals surface area contributed by atoms with Crippen LogP contribution in [0.25, 0.3) is 0 Å². The van der Waals surface area contributed by atoms with Crippen LogP contribution in [-0.2, 0) is 6.54 Å². The molecule has 1 aromatic rings. The molecule has 1 rings (SSSR count). The molecule has 0 bridgehead atoms. The maximum Gasteiger partial charge on any atom is 0.333 e. The van der Waals surface area contributed by atoms with Crippen LogP contribution in [0, 0.1) is 17.0 Å². The lowest BCUT2D eigenvalue weighted by Gasteiger charge is -2.10. The van der Waals surface area contributed by atoms with Crippen LogP contribution in [-0.4, -0.2) is 33.8 Å². The molecule has 0 saturated heterocycles. The third-order valence-corrected chi connectivity index (χ3v) is 2.55. The highest BCUT2D eigenvalue weighted by Gasteiger charge is 2.24. The van der Waals surface area contributed by atoms with E-state index in [-0.39, 0.29) is 10.6 Å². The van der Waals surface area contributed by atoms with Gasteiger partial charge in [-0.2, -0.15) is 5.10 Å². The Hall–Kier alpha value is -1.63. The second kappa shape index (κ2) is 6.34. The zero-order chi connectivity index (χ0) is 13.7. The second-order valence-corrected chi connectivity index (χ2v) is 4.39. The molecule has 0 aliphatic heterocycles. The van der Waals surface area contributed by atoms with Crippen molar-refractivity contribution in [2.24, 2.45) is 0 Å². The van der Waals surface area contributed by atoms with Crippen LogP contribution in [0.15, 0.2) is 0 Å². The molecule has 7 nitrogen and oxygen atoms in total. The predicted octanol–water partition coefficient (Wildman–Crippen LogP) is 1.53. The molecule has 0 unspecified atom stereocenters. The highest BCUT2D eigenvalue weighted by atomic mass is 16.6. The van der Waals surface area contributed by atoms with Crippen molar-refractivity contribution in [2.75, 3.05) is 18.4 Å². The molecular formula is C11H21N5O2. The lowest BCUT2D eigenvalue weighted by molar-refractivity contribution is -0.384.